The molecule has 3 nitrogen and oxygen atoms in total. The summed E-state index contributed by atoms with van der Waals surface area (Å²) in [6.45, 7) is 0. The maximum absolute atomic E-state index is 10.4. The average Bonchev–Trinajstić information content (AvgIpc) is 2.13. The van der Waals surface area contributed by atoms with Crippen LogP contribution in [0.2, 0.25) is 0 Å². The SMILES string of the molecule is O=[PH](O)CC1CCC(O)C1. The van der Waals surface area contributed by atoms with Gasteiger partial charge in [-0.15, -0.1) is 0 Å². The van der Waals surface area contributed by atoms with Crippen molar-refractivity contribution in [2.75, 3.05) is 6.16 Å². The van der Waals surface area contributed by atoms with Crippen LogP contribution in [0, 0.1) is 5.92 Å². The molecule has 0 aromatic rings. The summed E-state index contributed by atoms with van der Waals surface area (Å²) in [6.07, 6.45) is 2.63. The van der Waals surface area contributed by atoms with Gasteiger partial charge < -0.3 is 10.00 Å². The van der Waals surface area contributed by atoms with Crippen molar-refractivity contribution >= 4 is 8.03 Å². The summed E-state index contributed by atoms with van der Waals surface area (Å²) in [4.78, 5) is 8.56. The Labute approximate surface area is 60.9 Å². The van der Waals surface area contributed by atoms with Gasteiger partial charge in [0.05, 0.1) is 6.10 Å². The minimum Gasteiger partial charge on any atom is -0.393 e. The zero-order chi connectivity index (χ0) is 7.56. The average molecular weight is 164 g/mol. The predicted molar refractivity (Wildman–Crippen MR) is 39.4 cm³/mol. The van der Waals surface area contributed by atoms with Gasteiger partial charge in [-0.05, 0) is 25.2 Å². The molecule has 1 fully saturated rings. The smallest absolute Gasteiger partial charge is 0.189 e. The molecule has 1 aliphatic carbocycles. The minimum atomic E-state index is -2.30. The molecular formula is C6H13O3P. The van der Waals surface area contributed by atoms with Crippen LogP contribution in [0.5, 0.6) is 0 Å². The molecule has 1 saturated carbocycles. The second-order valence-corrected chi connectivity index (χ2v) is 4.13. The van der Waals surface area contributed by atoms with E-state index in [9.17, 15) is 4.57 Å². The topological polar surface area (TPSA) is 57.5 Å². The molecule has 1 aliphatic rings. The van der Waals surface area contributed by atoms with E-state index in [1.54, 1.807) is 0 Å². The standard InChI is InChI=1S/C6H13O3P/c7-6-2-1-5(3-6)4-10(8)9/h5-7,10H,1-4H2,(H,8,9). The maximum Gasteiger partial charge on any atom is 0.189 e. The second-order valence-electron chi connectivity index (χ2n) is 2.93. The van der Waals surface area contributed by atoms with Gasteiger partial charge in [0, 0.05) is 6.16 Å². The molecule has 60 valence electrons. The molecule has 0 aromatic heterocycles. The molecule has 0 amide bonds. The lowest BCUT2D eigenvalue weighted by Crippen LogP contribution is -2.01. The van der Waals surface area contributed by atoms with Gasteiger partial charge in [-0.1, -0.05) is 0 Å². The maximum atomic E-state index is 10.4. The Bertz CT molecular complexity index is 137. The van der Waals surface area contributed by atoms with Crippen molar-refractivity contribution in [3.8, 4) is 0 Å². The van der Waals surface area contributed by atoms with Crippen molar-refractivity contribution in [3.05, 3.63) is 0 Å². The van der Waals surface area contributed by atoms with E-state index in [1.807, 2.05) is 0 Å². The van der Waals surface area contributed by atoms with E-state index in [0.29, 0.717) is 12.1 Å². The number of aliphatic hydroxyl groups is 1. The van der Waals surface area contributed by atoms with Crippen LogP contribution in [0.25, 0.3) is 0 Å². The fraction of sp³-hybridized carbons (Fsp3) is 1.00. The molecule has 4 heteroatoms. The minimum absolute atomic E-state index is 0.216. The number of aliphatic hydroxyl groups excluding tert-OH is 1. The van der Waals surface area contributed by atoms with Crippen LogP contribution in [0.3, 0.4) is 0 Å². The summed E-state index contributed by atoms with van der Waals surface area (Å²) >= 11 is 0. The lowest BCUT2D eigenvalue weighted by Gasteiger charge is -2.04. The Morgan fingerprint density at radius 3 is 2.60 bits per heavy atom. The van der Waals surface area contributed by atoms with E-state index in [-0.39, 0.29) is 6.10 Å². The summed E-state index contributed by atoms with van der Waals surface area (Å²) in [5.41, 5.74) is 0. The van der Waals surface area contributed by atoms with Crippen LogP contribution in [-0.4, -0.2) is 22.3 Å². The van der Waals surface area contributed by atoms with E-state index in [1.165, 1.54) is 0 Å². The predicted octanol–water partition coefficient (Wildman–Crippen LogP) is 0.614. The molecule has 0 bridgehead atoms. The normalized spacial score (nSPS) is 36.2. The van der Waals surface area contributed by atoms with Gasteiger partial charge >= 0.3 is 0 Å². The third-order valence-electron chi connectivity index (χ3n) is 1.98. The summed E-state index contributed by atoms with van der Waals surface area (Å²) < 4.78 is 10.4. The lowest BCUT2D eigenvalue weighted by molar-refractivity contribution is 0.179. The van der Waals surface area contributed by atoms with Gasteiger partial charge in [0.2, 0.25) is 0 Å². The molecule has 1 rings (SSSR count). The molecule has 10 heavy (non-hydrogen) atoms. The van der Waals surface area contributed by atoms with Crippen molar-refractivity contribution in [1.82, 2.24) is 0 Å². The van der Waals surface area contributed by atoms with E-state index >= 15 is 0 Å². The van der Waals surface area contributed by atoms with E-state index in [2.05, 4.69) is 0 Å². The highest BCUT2D eigenvalue weighted by molar-refractivity contribution is 7.38. The second kappa shape index (κ2) is 3.51. The van der Waals surface area contributed by atoms with E-state index in [0.717, 1.165) is 19.3 Å². The molecule has 0 radical (unpaired) electrons. The Morgan fingerprint density at radius 1 is 1.50 bits per heavy atom. The number of hydrogen-bond acceptors (Lipinski definition) is 2. The Hall–Kier alpha value is 0.150. The molecule has 0 saturated heterocycles. The molecule has 0 aliphatic heterocycles. The summed E-state index contributed by atoms with van der Waals surface area (Å²) in [6, 6.07) is 0. The highest BCUT2D eigenvalue weighted by atomic mass is 31.1. The highest BCUT2D eigenvalue weighted by Crippen LogP contribution is 2.31. The molecule has 3 unspecified atom stereocenters. The number of rotatable bonds is 2. The van der Waals surface area contributed by atoms with Gasteiger partial charge in [0.25, 0.3) is 0 Å². The Balaban J connectivity index is 2.24. The van der Waals surface area contributed by atoms with E-state index < -0.39 is 8.03 Å². The first-order valence-electron chi connectivity index (χ1n) is 3.58. The van der Waals surface area contributed by atoms with Crippen LogP contribution >= 0.6 is 8.03 Å². The third-order valence-corrected chi connectivity index (χ3v) is 2.90. The first kappa shape index (κ1) is 8.25. The first-order chi connectivity index (χ1) is 4.68. The molecule has 0 spiro atoms. The van der Waals surface area contributed by atoms with Crippen LogP contribution in [0.1, 0.15) is 19.3 Å². The molecule has 0 heterocycles. The molecule has 3 atom stereocenters. The van der Waals surface area contributed by atoms with Gasteiger partial charge in [-0.3, -0.25) is 4.57 Å². The van der Waals surface area contributed by atoms with Crippen LogP contribution in [0.15, 0.2) is 0 Å². The molecule has 2 N–H and O–H groups in total. The van der Waals surface area contributed by atoms with Crippen LogP contribution in [-0.2, 0) is 4.57 Å². The van der Waals surface area contributed by atoms with Crippen molar-refractivity contribution < 1.29 is 14.6 Å². The molecular weight excluding hydrogens is 151 g/mol. The van der Waals surface area contributed by atoms with Crippen molar-refractivity contribution in [2.24, 2.45) is 5.92 Å². The molecule has 0 aromatic carbocycles. The monoisotopic (exact) mass is 164 g/mol. The van der Waals surface area contributed by atoms with E-state index in [4.69, 9.17) is 10.00 Å². The largest absolute Gasteiger partial charge is 0.393 e. The highest BCUT2D eigenvalue weighted by Gasteiger charge is 2.23. The first-order valence-corrected chi connectivity index (χ1v) is 5.14. The van der Waals surface area contributed by atoms with Crippen molar-refractivity contribution in [2.45, 2.75) is 25.4 Å². The quantitative estimate of drug-likeness (QED) is 0.588. The van der Waals surface area contributed by atoms with Gasteiger partial charge in [0.15, 0.2) is 8.03 Å². The fourth-order valence-corrected chi connectivity index (χ4v) is 2.35. The van der Waals surface area contributed by atoms with Gasteiger partial charge in [-0.25, -0.2) is 0 Å². The van der Waals surface area contributed by atoms with Gasteiger partial charge in [-0.2, -0.15) is 0 Å². The zero-order valence-electron chi connectivity index (χ0n) is 5.79. The lowest BCUT2D eigenvalue weighted by atomic mass is 10.1. The number of hydrogen-bond donors (Lipinski definition) is 2. The van der Waals surface area contributed by atoms with Crippen molar-refractivity contribution in [3.63, 3.8) is 0 Å². The van der Waals surface area contributed by atoms with Crippen LogP contribution in [0.4, 0.5) is 0 Å². The summed E-state index contributed by atoms with van der Waals surface area (Å²) in [5, 5.41) is 9.04. The third kappa shape index (κ3) is 2.41. The summed E-state index contributed by atoms with van der Waals surface area (Å²) in [5.74, 6) is 0.298. The van der Waals surface area contributed by atoms with Crippen LogP contribution < -0.4 is 0 Å². The Morgan fingerprint density at radius 2 is 2.20 bits per heavy atom. The van der Waals surface area contributed by atoms with Crippen molar-refractivity contribution in [1.29, 1.82) is 0 Å². The summed E-state index contributed by atoms with van der Waals surface area (Å²) in [7, 11) is -2.30. The zero-order valence-corrected chi connectivity index (χ0v) is 6.79. The fourth-order valence-electron chi connectivity index (χ4n) is 1.48. The Kier molecular flexibility index (Phi) is 2.90. The van der Waals surface area contributed by atoms with Gasteiger partial charge in [0.1, 0.15) is 0 Å².